The van der Waals surface area contributed by atoms with E-state index in [4.69, 9.17) is 4.74 Å². The van der Waals surface area contributed by atoms with Gasteiger partial charge in [-0.05, 0) is 36.9 Å². The summed E-state index contributed by atoms with van der Waals surface area (Å²) in [6.07, 6.45) is 0. The quantitative estimate of drug-likeness (QED) is 0.872. The number of benzene rings is 1. The van der Waals surface area contributed by atoms with Gasteiger partial charge in [0.05, 0.1) is 11.4 Å². The summed E-state index contributed by atoms with van der Waals surface area (Å²) in [7, 11) is 0. The first-order chi connectivity index (χ1) is 9.69. The van der Waals surface area contributed by atoms with Gasteiger partial charge < -0.3 is 10.1 Å². The maximum absolute atomic E-state index is 13.6. The van der Waals surface area contributed by atoms with E-state index in [1.807, 2.05) is 25.1 Å². The number of ether oxygens (including phenoxy) is 1. The number of halogens is 2. The fourth-order valence-corrected chi connectivity index (χ4v) is 2.04. The maximum atomic E-state index is 13.6. The normalized spacial score (nSPS) is 10.6. The van der Waals surface area contributed by atoms with Crippen molar-refractivity contribution in [1.82, 2.24) is 10.3 Å². The van der Waals surface area contributed by atoms with Gasteiger partial charge in [0.15, 0.2) is 11.6 Å². The number of nitrogens with zero attached hydrogens (tertiary/aromatic N) is 1. The Bertz CT molecular complexity index is 578. The molecule has 1 heterocycles. The lowest BCUT2D eigenvalue weighted by Crippen LogP contribution is -2.13. The van der Waals surface area contributed by atoms with Crippen LogP contribution in [0.4, 0.5) is 4.39 Å². The molecule has 0 bridgehead atoms. The predicted octanol–water partition coefficient (Wildman–Crippen LogP) is 3.67. The lowest BCUT2D eigenvalue weighted by molar-refractivity contribution is 0.285. The molecule has 0 radical (unpaired) electrons. The summed E-state index contributed by atoms with van der Waals surface area (Å²) < 4.78 is 19.8. The van der Waals surface area contributed by atoms with E-state index >= 15 is 0 Å². The third-order valence-electron chi connectivity index (χ3n) is 2.69. The molecule has 1 aromatic carbocycles. The van der Waals surface area contributed by atoms with Gasteiger partial charge in [-0.2, -0.15) is 0 Å². The van der Waals surface area contributed by atoms with E-state index in [0.717, 1.165) is 24.5 Å². The highest BCUT2D eigenvalue weighted by Gasteiger charge is 2.05. The molecule has 20 heavy (non-hydrogen) atoms. The summed E-state index contributed by atoms with van der Waals surface area (Å²) in [6, 6.07) is 10.5. The van der Waals surface area contributed by atoms with Gasteiger partial charge in [-0.3, -0.25) is 4.98 Å². The van der Waals surface area contributed by atoms with Crippen molar-refractivity contribution in [2.45, 2.75) is 20.1 Å². The van der Waals surface area contributed by atoms with E-state index in [0.29, 0.717) is 4.47 Å². The zero-order chi connectivity index (χ0) is 14.4. The molecule has 5 heteroatoms. The fraction of sp³-hybridized carbons (Fsp3) is 0.267. The minimum atomic E-state index is -0.386. The van der Waals surface area contributed by atoms with Gasteiger partial charge in [0.25, 0.3) is 0 Å². The van der Waals surface area contributed by atoms with Crippen LogP contribution in [-0.2, 0) is 13.2 Å². The highest BCUT2D eigenvalue weighted by Crippen LogP contribution is 2.22. The van der Waals surface area contributed by atoms with Gasteiger partial charge in [0, 0.05) is 11.0 Å². The molecule has 1 N–H and O–H groups in total. The highest BCUT2D eigenvalue weighted by atomic mass is 79.9. The van der Waals surface area contributed by atoms with Gasteiger partial charge in [-0.1, -0.05) is 28.9 Å². The Hall–Kier alpha value is -1.46. The van der Waals surface area contributed by atoms with Crippen LogP contribution in [0, 0.1) is 5.82 Å². The number of pyridine rings is 1. The molecule has 0 fully saturated rings. The Morgan fingerprint density at radius 1 is 1.25 bits per heavy atom. The van der Waals surface area contributed by atoms with Crippen molar-refractivity contribution < 1.29 is 9.13 Å². The lowest BCUT2D eigenvalue weighted by Gasteiger charge is -2.08. The Balaban J connectivity index is 1.99. The maximum Gasteiger partial charge on any atom is 0.166 e. The molecular weight excluding hydrogens is 323 g/mol. The molecule has 0 amide bonds. The van der Waals surface area contributed by atoms with Crippen LogP contribution in [0.5, 0.6) is 5.75 Å². The van der Waals surface area contributed by atoms with Crippen molar-refractivity contribution in [3.05, 3.63) is 58.1 Å². The van der Waals surface area contributed by atoms with E-state index in [1.54, 1.807) is 12.1 Å². The van der Waals surface area contributed by atoms with Gasteiger partial charge in [0.1, 0.15) is 6.61 Å². The number of hydrogen-bond donors (Lipinski definition) is 1. The molecule has 0 aliphatic carbocycles. The molecule has 2 aromatic rings. The van der Waals surface area contributed by atoms with E-state index in [1.165, 1.54) is 6.07 Å². The van der Waals surface area contributed by atoms with Gasteiger partial charge >= 0.3 is 0 Å². The van der Waals surface area contributed by atoms with Crippen LogP contribution in [0.1, 0.15) is 18.3 Å². The zero-order valence-corrected chi connectivity index (χ0v) is 12.8. The molecule has 0 saturated heterocycles. The SMILES string of the molecule is CCNCc1cccc(COc2ccc(Br)cc2F)n1. The smallest absolute Gasteiger partial charge is 0.166 e. The summed E-state index contributed by atoms with van der Waals surface area (Å²) in [4.78, 5) is 4.45. The minimum absolute atomic E-state index is 0.229. The Labute approximate surface area is 126 Å². The fourth-order valence-electron chi connectivity index (χ4n) is 1.71. The Morgan fingerprint density at radius 3 is 2.80 bits per heavy atom. The average molecular weight is 339 g/mol. The van der Waals surface area contributed by atoms with Crippen molar-refractivity contribution in [1.29, 1.82) is 0 Å². The first-order valence-electron chi connectivity index (χ1n) is 6.42. The molecule has 0 atom stereocenters. The van der Waals surface area contributed by atoms with Crippen LogP contribution in [0.2, 0.25) is 0 Å². The molecule has 0 spiro atoms. The zero-order valence-electron chi connectivity index (χ0n) is 11.2. The Morgan fingerprint density at radius 2 is 2.05 bits per heavy atom. The molecular formula is C15H16BrFN2O. The number of aromatic nitrogens is 1. The second-order valence-corrected chi connectivity index (χ2v) is 5.18. The van der Waals surface area contributed by atoms with Crippen LogP contribution in [0.25, 0.3) is 0 Å². The van der Waals surface area contributed by atoms with Gasteiger partial charge in [-0.15, -0.1) is 0 Å². The van der Waals surface area contributed by atoms with Crippen molar-refractivity contribution in [2.75, 3.05) is 6.54 Å². The van der Waals surface area contributed by atoms with Crippen molar-refractivity contribution in [3.63, 3.8) is 0 Å². The third kappa shape index (κ3) is 4.28. The first kappa shape index (κ1) is 14.9. The molecule has 0 aliphatic rings. The molecule has 0 aliphatic heterocycles. The molecule has 0 unspecified atom stereocenters. The summed E-state index contributed by atoms with van der Waals surface area (Å²) in [6.45, 7) is 3.91. The summed E-state index contributed by atoms with van der Waals surface area (Å²) >= 11 is 3.21. The van der Waals surface area contributed by atoms with E-state index in [9.17, 15) is 4.39 Å². The number of nitrogens with one attached hydrogen (secondary N) is 1. The van der Waals surface area contributed by atoms with Crippen LogP contribution < -0.4 is 10.1 Å². The summed E-state index contributed by atoms with van der Waals surface area (Å²) in [5, 5.41) is 3.21. The molecule has 1 aromatic heterocycles. The molecule has 3 nitrogen and oxygen atoms in total. The van der Waals surface area contributed by atoms with Crippen LogP contribution >= 0.6 is 15.9 Å². The predicted molar refractivity (Wildman–Crippen MR) is 80.0 cm³/mol. The molecule has 0 saturated carbocycles. The third-order valence-corrected chi connectivity index (χ3v) is 3.18. The standard InChI is InChI=1S/C15H16BrFN2O/c1-2-18-9-12-4-3-5-13(19-12)10-20-15-7-6-11(16)8-14(15)17/h3-8,18H,2,9-10H2,1H3. The topological polar surface area (TPSA) is 34.1 Å². The minimum Gasteiger partial charge on any atom is -0.484 e. The van der Waals surface area contributed by atoms with Crippen molar-refractivity contribution in [2.24, 2.45) is 0 Å². The van der Waals surface area contributed by atoms with Gasteiger partial charge in [0.2, 0.25) is 0 Å². The van der Waals surface area contributed by atoms with Crippen LogP contribution in [-0.4, -0.2) is 11.5 Å². The summed E-state index contributed by atoms with van der Waals surface area (Å²) in [5.74, 6) is -0.157. The average Bonchev–Trinajstić information content (AvgIpc) is 2.45. The van der Waals surface area contributed by atoms with E-state index < -0.39 is 0 Å². The van der Waals surface area contributed by atoms with Crippen molar-refractivity contribution >= 4 is 15.9 Å². The van der Waals surface area contributed by atoms with Crippen molar-refractivity contribution in [3.8, 4) is 5.75 Å². The number of hydrogen-bond acceptors (Lipinski definition) is 3. The molecule has 106 valence electrons. The van der Waals surface area contributed by atoms with Gasteiger partial charge in [-0.25, -0.2) is 4.39 Å². The monoisotopic (exact) mass is 338 g/mol. The lowest BCUT2D eigenvalue weighted by atomic mass is 10.3. The number of rotatable bonds is 6. The Kier molecular flexibility index (Phi) is 5.49. The van der Waals surface area contributed by atoms with Crippen LogP contribution in [0.15, 0.2) is 40.9 Å². The van der Waals surface area contributed by atoms with E-state index in [-0.39, 0.29) is 18.2 Å². The van der Waals surface area contributed by atoms with Crippen LogP contribution in [0.3, 0.4) is 0 Å². The largest absolute Gasteiger partial charge is 0.484 e. The second-order valence-electron chi connectivity index (χ2n) is 4.26. The second kappa shape index (κ2) is 7.36. The highest BCUT2D eigenvalue weighted by molar-refractivity contribution is 9.10. The molecule has 2 rings (SSSR count). The first-order valence-corrected chi connectivity index (χ1v) is 7.21. The van der Waals surface area contributed by atoms with E-state index in [2.05, 4.69) is 26.2 Å². The summed E-state index contributed by atoms with van der Waals surface area (Å²) in [5.41, 5.74) is 1.73.